The Morgan fingerprint density at radius 3 is 2.71 bits per heavy atom. The summed E-state index contributed by atoms with van der Waals surface area (Å²) in [6.45, 7) is 1.03. The molecule has 21 heavy (non-hydrogen) atoms. The molecule has 3 rings (SSSR count). The highest BCUT2D eigenvalue weighted by atomic mass is 32.2. The summed E-state index contributed by atoms with van der Waals surface area (Å²) >= 11 is 0. The number of halogens is 2. The smallest absolute Gasteiger partial charge is 0.395 e. The van der Waals surface area contributed by atoms with Gasteiger partial charge < -0.3 is 14.2 Å². The molecule has 0 radical (unpaired) electrons. The first-order valence-corrected chi connectivity index (χ1v) is 8.32. The second kappa shape index (κ2) is 5.10. The number of rotatable bonds is 4. The van der Waals surface area contributed by atoms with Gasteiger partial charge in [-0.05, 0) is 30.0 Å². The van der Waals surface area contributed by atoms with Crippen molar-refractivity contribution in [2.75, 3.05) is 19.0 Å². The standard InChI is InChI=1S/C13H14F2O5S/c14-13(15)19-11-2-1-9(5-12(11)20-13)7-21(16,17)8-10-3-4-18-6-10/h1-2,5,10H,3-4,6-8H2. The molecule has 2 heterocycles. The number of hydrogen-bond donors (Lipinski definition) is 0. The molecule has 2 aliphatic heterocycles. The molecule has 5 nitrogen and oxygen atoms in total. The molecular weight excluding hydrogens is 306 g/mol. The molecule has 1 saturated heterocycles. The highest BCUT2D eigenvalue weighted by Gasteiger charge is 2.43. The molecule has 0 aromatic heterocycles. The lowest BCUT2D eigenvalue weighted by molar-refractivity contribution is -0.286. The van der Waals surface area contributed by atoms with E-state index in [1.165, 1.54) is 18.2 Å². The van der Waals surface area contributed by atoms with Gasteiger partial charge in [-0.3, -0.25) is 0 Å². The fraction of sp³-hybridized carbons (Fsp3) is 0.538. The molecule has 2 aliphatic rings. The lowest BCUT2D eigenvalue weighted by Crippen LogP contribution is -2.25. The summed E-state index contributed by atoms with van der Waals surface area (Å²) < 4.78 is 63.7. The predicted molar refractivity (Wildman–Crippen MR) is 69.1 cm³/mol. The van der Waals surface area contributed by atoms with E-state index in [-0.39, 0.29) is 28.9 Å². The Kier molecular flexibility index (Phi) is 3.53. The molecule has 0 amide bonds. The van der Waals surface area contributed by atoms with Crippen molar-refractivity contribution in [3.63, 3.8) is 0 Å². The van der Waals surface area contributed by atoms with E-state index in [1.807, 2.05) is 0 Å². The molecule has 1 atom stereocenters. The van der Waals surface area contributed by atoms with Gasteiger partial charge in [0.05, 0.1) is 18.1 Å². The number of ether oxygens (including phenoxy) is 3. The lowest BCUT2D eigenvalue weighted by Gasteiger charge is -2.09. The number of hydrogen-bond acceptors (Lipinski definition) is 5. The maximum absolute atomic E-state index is 12.9. The summed E-state index contributed by atoms with van der Waals surface area (Å²) in [5, 5.41) is 0. The van der Waals surface area contributed by atoms with Crippen molar-refractivity contribution in [2.24, 2.45) is 5.92 Å². The van der Waals surface area contributed by atoms with Gasteiger partial charge >= 0.3 is 6.29 Å². The van der Waals surface area contributed by atoms with Crippen LogP contribution in [-0.4, -0.2) is 33.7 Å². The molecule has 116 valence electrons. The first-order valence-electron chi connectivity index (χ1n) is 6.50. The minimum Gasteiger partial charge on any atom is -0.395 e. The summed E-state index contributed by atoms with van der Waals surface area (Å²) in [7, 11) is -3.33. The zero-order chi connectivity index (χ0) is 15.1. The van der Waals surface area contributed by atoms with Crippen LogP contribution in [0.25, 0.3) is 0 Å². The maximum atomic E-state index is 12.9. The van der Waals surface area contributed by atoms with Crippen molar-refractivity contribution in [2.45, 2.75) is 18.5 Å². The van der Waals surface area contributed by atoms with E-state index in [0.29, 0.717) is 18.8 Å². The van der Waals surface area contributed by atoms with E-state index in [2.05, 4.69) is 9.47 Å². The van der Waals surface area contributed by atoms with E-state index in [4.69, 9.17) is 4.74 Å². The quantitative estimate of drug-likeness (QED) is 0.849. The van der Waals surface area contributed by atoms with Crippen LogP contribution in [-0.2, 0) is 20.3 Å². The Bertz CT molecular complexity index is 638. The molecule has 0 bridgehead atoms. The second-order valence-electron chi connectivity index (χ2n) is 5.23. The van der Waals surface area contributed by atoms with Crippen LogP contribution < -0.4 is 9.47 Å². The van der Waals surface area contributed by atoms with Crippen molar-refractivity contribution in [1.82, 2.24) is 0 Å². The third-order valence-corrected chi connectivity index (χ3v) is 5.12. The molecule has 1 fully saturated rings. The van der Waals surface area contributed by atoms with Crippen LogP contribution in [0.2, 0.25) is 0 Å². The van der Waals surface area contributed by atoms with Crippen molar-refractivity contribution in [3.8, 4) is 11.5 Å². The summed E-state index contributed by atoms with van der Waals surface area (Å²) in [5.74, 6) is -0.404. The highest BCUT2D eigenvalue weighted by molar-refractivity contribution is 7.90. The largest absolute Gasteiger partial charge is 0.586 e. The van der Waals surface area contributed by atoms with Crippen LogP contribution in [0.1, 0.15) is 12.0 Å². The van der Waals surface area contributed by atoms with Crippen molar-refractivity contribution >= 4 is 9.84 Å². The summed E-state index contributed by atoms with van der Waals surface area (Å²) in [4.78, 5) is 0. The minimum atomic E-state index is -3.69. The van der Waals surface area contributed by atoms with Gasteiger partial charge in [0.15, 0.2) is 21.3 Å². The highest BCUT2D eigenvalue weighted by Crippen LogP contribution is 2.41. The van der Waals surface area contributed by atoms with Gasteiger partial charge in [0.2, 0.25) is 0 Å². The molecule has 1 aromatic rings. The molecule has 1 aromatic carbocycles. The van der Waals surface area contributed by atoms with E-state index < -0.39 is 16.1 Å². The molecule has 1 unspecified atom stereocenters. The van der Waals surface area contributed by atoms with Crippen LogP contribution in [0.5, 0.6) is 11.5 Å². The molecule has 8 heteroatoms. The van der Waals surface area contributed by atoms with Gasteiger partial charge in [0.25, 0.3) is 0 Å². The monoisotopic (exact) mass is 320 g/mol. The lowest BCUT2D eigenvalue weighted by atomic mass is 10.2. The van der Waals surface area contributed by atoms with Crippen LogP contribution in [0.3, 0.4) is 0 Å². The first-order chi connectivity index (χ1) is 9.83. The Labute approximate surface area is 120 Å². The first kappa shape index (κ1) is 14.5. The van der Waals surface area contributed by atoms with Gasteiger partial charge in [0, 0.05) is 6.61 Å². The number of sulfone groups is 1. The van der Waals surface area contributed by atoms with Crippen molar-refractivity contribution < 1.29 is 31.4 Å². The van der Waals surface area contributed by atoms with Crippen molar-refractivity contribution in [3.05, 3.63) is 23.8 Å². The Balaban J connectivity index is 1.71. The number of benzene rings is 1. The van der Waals surface area contributed by atoms with Crippen LogP contribution in [0, 0.1) is 5.92 Å². The van der Waals surface area contributed by atoms with Crippen LogP contribution >= 0.6 is 0 Å². The topological polar surface area (TPSA) is 61.8 Å². The average molecular weight is 320 g/mol. The Hall–Kier alpha value is -1.41. The molecule has 0 spiro atoms. The third-order valence-electron chi connectivity index (χ3n) is 3.37. The van der Waals surface area contributed by atoms with Gasteiger partial charge in [0.1, 0.15) is 0 Å². The van der Waals surface area contributed by atoms with E-state index >= 15 is 0 Å². The summed E-state index contributed by atoms with van der Waals surface area (Å²) in [6, 6.07) is 4.02. The second-order valence-corrected chi connectivity index (χ2v) is 7.34. The molecule has 0 saturated carbocycles. The third kappa shape index (κ3) is 3.44. The normalized spacial score (nSPS) is 23.4. The van der Waals surface area contributed by atoms with Crippen LogP contribution in [0.15, 0.2) is 18.2 Å². The Morgan fingerprint density at radius 1 is 1.24 bits per heavy atom. The van der Waals surface area contributed by atoms with Crippen LogP contribution in [0.4, 0.5) is 8.78 Å². The molecule has 0 aliphatic carbocycles. The number of fused-ring (bicyclic) bond motifs is 1. The van der Waals surface area contributed by atoms with E-state index in [1.54, 1.807) is 0 Å². The van der Waals surface area contributed by atoms with Gasteiger partial charge in [-0.2, -0.15) is 0 Å². The van der Waals surface area contributed by atoms with Crippen molar-refractivity contribution in [1.29, 1.82) is 0 Å². The zero-order valence-electron chi connectivity index (χ0n) is 11.1. The fourth-order valence-corrected chi connectivity index (χ4v) is 4.26. The molecule has 0 N–H and O–H groups in total. The Morgan fingerprint density at radius 2 is 2.00 bits per heavy atom. The predicted octanol–water partition coefficient (Wildman–Crippen LogP) is 1.96. The maximum Gasteiger partial charge on any atom is 0.586 e. The van der Waals surface area contributed by atoms with E-state index in [0.717, 1.165) is 6.42 Å². The number of alkyl halides is 2. The van der Waals surface area contributed by atoms with E-state index in [9.17, 15) is 17.2 Å². The average Bonchev–Trinajstić information content (AvgIpc) is 2.93. The SMILES string of the molecule is O=S(=O)(Cc1ccc2c(c1)OC(F)(F)O2)CC1CCOC1. The summed E-state index contributed by atoms with van der Waals surface area (Å²) in [6.07, 6.45) is -2.96. The van der Waals surface area contributed by atoms with Gasteiger partial charge in [-0.1, -0.05) is 6.07 Å². The van der Waals surface area contributed by atoms with Gasteiger partial charge in [-0.25, -0.2) is 8.42 Å². The minimum absolute atomic E-state index is 0.00773. The van der Waals surface area contributed by atoms with Gasteiger partial charge in [-0.15, -0.1) is 8.78 Å². The summed E-state index contributed by atoms with van der Waals surface area (Å²) in [5.41, 5.74) is 0.397. The fourth-order valence-electron chi connectivity index (χ4n) is 2.47. The zero-order valence-corrected chi connectivity index (χ0v) is 11.9. The molecular formula is C13H14F2O5S.